The van der Waals surface area contributed by atoms with E-state index >= 15 is 0 Å². The van der Waals surface area contributed by atoms with E-state index in [1.807, 2.05) is 0 Å². The van der Waals surface area contributed by atoms with Crippen LogP contribution >= 0.6 is 0 Å². The van der Waals surface area contributed by atoms with Gasteiger partial charge in [-0.25, -0.2) is 0 Å². The van der Waals surface area contributed by atoms with Gasteiger partial charge in [0, 0.05) is 16.7 Å². The van der Waals surface area contributed by atoms with Crippen molar-refractivity contribution in [1.29, 1.82) is 0 Å². The summed E-state index contributed by atoms with van der Waals surface area (Å²) in [6.45, 7) is 0. The summed E-state index contributed by atoms with van der Waals surface area (Å²) in [5.41, 5.74) is 6.81. The molecular formula is C21H16. The Morgan fingerprint density at radius 1 is 0.762 bits per heavy atom. The Bertz CT molecular complexity index is 844. The topological polar surface area (TPSA) is 0 Å². The molecule has 4 aliphatic carbocycles. The van der Waals surface area contributed by atoms with Crippen molar-refractivity contribution >= 4 is 0 Å². The van der Waals surface area contributed by atoms with Crippen LogP contribution in [-0.2, 0) is 10.8 Å². The van der Waals surface area contributed by atoms with Crippen molar-refractivity contribution in [2.75, 3.05) is 0 Å². The molecule has 2 aromatic carbocycles. The lowest BCUT2D eigenvalue weighted by molar-refractivity contribution is 0.293. The Kier molecular flexibility index (Phi) is 1.55. The van der Waals surface area contributed by atoms with Crippen LogP contribution in [0.25, 0.3) is 0 Å². The number of hydrogen-bond donors (Lipinski definition) is 0. The minimum absolute atomic E-state index is 0.210. The molecule has 4 aliphatic rings. The third-order valence-electron chi connectivity index (χ3n) is 6.61. The molecule has 0 heterocycles. The minimum Gasteiger partial charge on any atom is -0.0727 e. The standard InChI is InChI=1S/C21H16/c1-3-9-17-14(7-1)16-13-20(17)11-5-6-12-21(20)18-10-4-2-8-15(18)19(16)21/h1-12,16,19H,13H2. The molecule has 2 aromatic rings. The first-order chi connectivity index (χ1) is 10.4. The number of hydrogen-bond acceptors (Lipinski definition) is 0. The van der Waals surface area contributed by atoms with Gasteiger partial charge in [0.05, 0.1) is 0 Å². The van der Waals surface area contributed by atoms with Crippen molar-refractivity contribution in [2.24, 2.45) is 0 Å². The molecular weight excluding hydrogens is 252 g/mol. The molecule has 0 heteroatoms. The van der Waals surface area contributed by atoms with Crippen LogP contribution in [0.15, 0.2) is 72.8 Å². The highest BCUT2D eigenvalue weighted by Crippen LogP contribution is 2.79. The number of fused-ring (bicyclic) bond motifs is 6. The molecule has 0 aromatic heterocycles. The van der Waals surface area contributed by atoms with Crippen molar-refractivity contribution in [3.05, 3.63) is 95.1 Å². The maximum absolute atomic E-state index is 2.51. The summed E-state index contributed by atoms with van der Waals surface area (Å²) in [5.74, 6) is 1.38. The van der Waals surface area contributed by atoms with Crippen molar-refractivity contribution in [1.82, 2.24) is 0 Å². The minimum atomic E-state index is 0.210. The molecule has 100 valence electrons. The van der Waals surface area contributed by atoms with Gasteiger partial charge in [-0.3, -0.25) is 0 Å². The van der Waals surface area contributed by atoms with Gasteiger partial charge in [-0.2, -0.15) is 0 Å². The first-order valence-corrected chi connectivity index (χ1v) is 7.94. The molecule has 1 fully saturated rings. The summed E-state index contributed by atoms with van der Waals surface area (Å²) in [6, 6.07) is 18.3. The Balaban J connectivity index is 1.76. The van der Waals surface area contributed by atoms with Crippen LogP contribution in [0.1, 0.15) is 40.5 Å². The zero-order chi connectivity index (χ0) is 13.7. The van der Waals surface area contributed by atoms with E-state index in [2.05, 4.69) is 72.8 Å². The molecule has 0 nitrogen and oxygen atoms in total. The van der Waals surface area contributed by atoms with Gasteiger partial charge in [-0.1, -0.05) is 72.8 Å². The van der Waals surface area contributed by atoms with Crippen LogP contribution in [0, 0.1) is 0 Å². The Labute approximate surface area is 124 Å². The molecule has 0 aliphatic heterocycles. The number of rotatable bonds is 0. The molecule has 21 heavy (non-hydrogen) atoms. The van der Waals surface area contributed by atoms with Crippen molar-refractivity contribution in [2.45, 2.75) is 29.1 Å². The Morgan fingerprint density at radius 3 is 2.38 bits per heavy atom. The van der Waals surface area contributed by atoms with Crippen molar-refractivity contribution in [3.63, 3.8) is 0 Å². The maximum Gasteiger partial charge on any atom is 0.0344 e. The summed E-state index contributed by atoms with van der Waals surface area (Å²) in [4.78, 5) is 0. The van der Waals surface area contributed by atoms with Crippen molar-refractivity contribution in [3.8, 4) is 0 Å². The molecule has 2 spiro atoms. The smallest absolute Gasteiger partial charge is 0.0344 e. The molecule has 0 saturated heterocycles. The van der Waals surface area contributed by atoms with Crippen LogP contribution < -0.4 is 0 Å². The van der Waals surface area contributed by atoms with Crippen LogP contribution in [0.2, 0.25) is 0 Å². The van der Waals surface area contributed by atoms with Crippen LogP contribution in [-0.4, -0.2) is 0 Å². The highest BCUT2D eigenvalue weighted by atomic mass is 14.7. The molecule has 0 radical (unpaired) electrons. The second kappa shape index (κ2) is 3.06. The van der Waals surface area contributed by atoms with Gasteiger partial charge < -0.3 is 0 Å². The van der Waals surface area contributed by atoms with Crippen molar-refractivity contribution < 1.29 is 0 Å². The first kappa shape index (κ1) is 10.6. The summed E-state index contributed by atoms with van der Waals surface area (Å²) in [5, 5.41) is 0. The lowest BCUT2D eigenvalue weighted by atomic mass is 9.44. The predicted octanol–water partition coefficient (Wildman–Crippen LogP) is 4.59. The maximum atomic E-state index is 2.51. The highest BCUT2D eigenvalue weighted by Gasteiger charge is 2.73. The van der Waals surface area contributed by atoms with E-state index in [4.69, 9.17) is 0 Å². The van der Waals surface area contributed by atoms with Gasteiger partial charge in [0.1, 0.15) is 0 Å². The fourth-order valence-corrected chi connectivity index (χ4v) is 6.08. The first-order valence-electron chi connectivity index (χ1n) is 7.94. The second-order valence-corrected chi connectivity index (χ2v) is 7.02. The lowest BCUT2D eigenvalue weighted by Gasteiger charge is -2.58. The average molecular weight is 268 g/mol. The molecule has 4 atom stereocenters. The number of allylic oxidation sites excluding steroid dienone is 4. The molecule has 6 rings (SSSR count). The van der Waals surface area contributed by atoms with E-state index in [9.17, 15) is 0 Å². The van der Waals surface area contributed by atoms with Gasteiger partial charge in [0.2, 0.25) is 0 Å². The van der Waals surface area contributed by atoms with Crippen LogP contribution in [0.4, 0.5) is 0 Å². The zero-order valence-electron chi connectivity index (χ0n) is 11.8. The SMILES string of the molecule is C1=CC23CC(c4ccccc42)C2c4ccccc4C23C=C1. The average Bonchev–Trinajstić information content (AvgIpc) is 2.98. The van der Waals surface area contributed by atoms with E-state index in [0.29, 0.717) is 11.8 Å². The summed E-state index contributed by atoms with van der Waals surface area (Å²) >= 11 is 0. The lowest BCUT2D eigenvalue weighted by Crippen LogP contribution is -2.54. The largest absolute Gasteiger partial charge is 0.0727 e. The summed E-state index contributed by atoms with van der Waals surface area (Å²) in [7, 11) is 0. The van der Waals surface area contributed by atoms with E-state index in [0.717, 1.165) is 0 Å². The predicted molar refractivity (Wildman–Crippen MR) is 84.6 cm³/mol. The fourth-order valence-electron chi connectivity index (χ4n) is 6.08. The van der Waals surface area contributed by atoms with Gasteiger partial charge >= 0.3 is 0 Å². The second-order valence-electron chi connectivity index (χ2n) is 7.02. The Hall–Kier alpha value is -2.08. The molecule has 4 unspecified atom stereocenters. The van der Waals surface area contributed by atoms with Gasteiger partial charge in [-0.15, -0.1) is 0 Å². The molecule has 1 saturated carbocycles. The van der Waals surface area contributed by atoms with E-state index in [1.54, 1.807) is 22.3 Å². The van der Waals surface area contributed by atoms with Crippen LogP contribution in [0.5, 0.6) is 0 Å². The summed E-state index contributed by atoms with van der Waals surface area (Å²) < 4.78 is 0. The van der Waals surface area contributed by atoms with Gasteiger partial charge in [0.15, 0.2) is 0 Å². The quantitative estimate of drug-likeness (QED) is 0.655. The van der Waals surface area contributed by atoms with E-state index in [-0.39, 0.29) is 10.8 Å². The van der Waals surface area contributed by atoms with E-state index < -0.39 is 0 Å². The Morgan fingerprint density at radius 2 is 1.48 bits per heavy atom. The van der Waals surface area contributed by atoms with Gasteiger partial charge in [0.25, 0.3) is 0 Å². The third-order valence-corrected chi connectivity index (χ3v) is 6.61. The monoisotopic (exact) mass is 268 g/mol. The highest BCUT2D eigenvalue weighted by molar-refractivity contribution is 5.72. The fraction of sp³-hybridized carbons (Fsp3) is 0.238. The van der Waals surface area contributed by atoms with Gasteiger partial charge in [-0.05, 0) is 34.6 Å². The molecule has 0 N–H and O–H groups in total. The third kappa shape index (κ3) is 0.854. The molecule has 2 bridgehead atoms. The van der Waals surface area contributed by atoms with E-state index in [1.165, 1.54) is 6.42 Å². The summed E-state index contributed by atoms with van der Waals surface area (Å²) in [6.07, 6.45) is 10.8. The van der Waals surface area contributed by atoms with Crippen LogP contribution in [0.3, 0.4) is 0 Å². The zero-order valence-corrected chi connectivity index (χ0v) is 11.8. The molecule has 0 amide bonds. The normalized spacial score (nSPS) is 39.2. The number of benzene rings is 2.